The van der Waals surface area contributed by atoms with E-state index in [1.165, 1.54) is 60.5 Å². The summed E-state index contributed by atoms with van der Waals surface area (Å²) in [5, 5.41) is 0. The predicted octanol–water partition coefficient (Wildman–Crippen LogP) is 3.85. The number of hydrogen-bond acceptors (Lipinski definition) is 6. The van der Waals surface area contributed by atoms with E-state index in [1.807, 2.05) is 0 Å². The van der Waals surface area contributed by atoms with Gasteiger partial charge in [-0.3, -0.25) is 0 Å². The first-order valence-corrected chi connectivity index (χ1v) is 17.6. The van der Waals surface area contributed by atoms with E-state index < -0.39 is 0 Å². The summed E-state index contributed by atoms with van der Waals surface area (Å²) in [6.07, 6.45) is 0. The molecule has 7 aromatic carbocycles. The zero-order valence-electron chi connectivity index (χ0n) is 26.7. The monoisotopic (exact) mass is 648 g/mol. The van der Waals surface area contributed by atoms with Crippen molar-refractivity contribution in [1.82, 2.24) is 0 Å². The average molecular weight is 648 g/mol. The number of anilines is 6. The first kappa shape index (κ1) is 24.6. The van der Waals surface area contributed by atoms with Gasteiger partial charge < -0.3 is 28.7 Å². The number of fused-ring (bicyclic) bond motifs is 8. The molecule has 0 N–H and O–H groups in total. The van der Waals surface area contributed by atoms with E-state index in [0.29, 0.717) is 0 Å². The Morgan fingerprint density at radius 1 is 0.294 bits per heavy atom. The molecule has 230 valence electrons. The minimum atomic E-state index is -0.0385. The number of benzene rings is 7. The molecule has 6 nitrogen and oxygen atoms in total. The summed E-state index contributed by atoms with van der Waals surface area (Å²) in [5.74, 6) is 7.07. The predicted molar refractivity (Wildman–Crippen MR) is 203 cm³/mol. The maximum absolute atomic E-state index is 6.84. The molecule has 0 saturated heterocycles. The van der Waals surface area contributed by atoms with Gasteiger partial charge in [-0.1, -0.05) is 66.7 Å². The zero-order valence-corrected chi connectivity index (χ0v) is 26.7. The first-order chi connectivity index (χ1) is 25.3. The molecular formula is C42H19B3N2O4. The van der Waals surface area contributed by atoms with Crippen LogP contribution in [0, 0.1) is 0 Å². The second kappa shape index (κ2) is 7.79. The quantitative estimate of drug-likeness (QED) is 0.233. The van der Waals surface area contributed by atoms with Crippen molar-refractivity contribution in [3.63, 3.8) is 0 Å². The standard InChI is InChI=1S/C42H19B3N2O4/c1-3-11-26-20(7-1)43-24-19-25-40-36-39(24)46-37-22(9-5-13-30(37)50-32-17-15-28(48-26)34(43)41(32)46)45(36)23-10-6-14-31-38(23)47(40)42-33(51-31)18-16-29-35(42)44(25)21-8-2-4-12-27(21)49-29/h1-19H. The second-order valence-corrected chi connectivity index (χ2v) is 14.7. The number of nitrogens with zero attached hydrogens (tertiary/aromatic N) is 2. The molecule has 0 radical (unpaired) electrons. The van der Waals surface area contributed by atoms with E-state index in [4.69, 9.17) is 18.9 Å². The molecule has 0 bridgehead atoms. The molecule has 0 spiro atoms. The van der Waals surface area contributed by atoms with E-state index in [0.717, 1.165) is 68.7 Å². The Morgan fingerprint density at radius 3 is 1.22 bits per heavy atom. The normalized spacial score (nSPS) is 15.9. The van der Waals surface area contributed by atoms with Gasteiger partial charge in [-0.15, -0.1) is 0 Å². The van der Waals surface area contributed by atoms with Crippen LogP contribution in [0.1, 0.15) is 0 Å². The molecule has 0 saturated carbocycles. The van der Waals surface area contributed by atoms with Crippen LogP contribution in [0.25, 0.3) is 0 Å². The molecule has 8 heterocycles. The molecule has 0 amide bonds. The summed E-state index contributed by atoms with van der Waals surface area (Å²) in [4.78, 5) is 5.05. The van der Waals surface area contributed by atoms with Crippen molar-refractivity contribution in [2.24, 2.45) is 0 Å². The Morgan fingerprint density at radius 2 is 0.686 bits per heavy atom. The Balaban J connectivity index is 1.18. The van der Waals surface area contributed by atoms with Crippen molar-refractivity contribution in [3.8, 4) is 46.0 Å². The van der Waals surface area contributed by atoms with Gasteiger partial charge in [-0.2, -0.15) is 0 Å². The van der Waals surface area contributed by atoms with Crippen molar-refractivity contribution in [2.75, 3.05) is 9.80 Å². The number of para-hydroxylation sites is 4. The zero-order chi connectivity index (χ0) is 32.4. The van der Waals surface area contributed by atoms with Crippen molar-refractivity contribution >= 4 is 103 Å². The van der Waals surface area contributed by atoms with Crippen LogP contribution in [0.4, 0.5) is 34.1 Å². The van der Waals surface area contributed by atoms with Crippen LogP contribution in [-0.4, -0.2) is 20.1 Å². The van der Waals surface area contributed by atoms with Gasteiger partial charge in [0.05, 0.1) is 22.7 Å². The van der Waals surface area contributed by atoms with Crippen LogP contribution in [0.3, 0.4) is 0 Å². The van der Waals surface area contributed by atoms with Gasteiger partial charge >= 0.3 is 0 Å². The highest BCUT2D eigenvalue weighted by Gasteiger charge is 2.57. The van der Waals surface area contributed by atoms with Crippen LogP contribution < -0.4 is 77.9 Å². The topological polar surface area (TPSA) is 43.4 Å². The largest absolute Gasteiger partial charge is 0.458 e. The van der Waals surface area contributed by atoms with Crippen LogP contribution in [0.15, 0.2) is 115 Å². The molecule has 8 aliphatic heterocycles. The third-order valence-corrected chi connectivity index (χ3v) is 12.5. The van der Waals surface area contributed by atoms with Gasteiger partial charge in [0.25, 0.3) is 20.1 Å². The summed E-state index contributed by atoms with van der Waals surface area (Å²) in [6.45, 7) is -0.104. The molecule has 7 aromatic rings. The van der Waals surface area contributed by atoms with E-state index in [1.54, 1.807) is 0 Å². The molecule has 0 aliphatic carbocycles. The highest BCUT2D eigenvalue weighted by atomic mass is 16.5. The Kier molecular flexibility index (Phi) is 3.76. The fraction of sp³-hybridized carbons (Fsp3) is 0. The van der Waals surface area contributed by atoms with Crippen molar-refractivity contribution in [2.45, 2.75) is 0 Å². The van der Waals surface area contributed by atoms with Gasteiger partial charge in [-0.05, 0) is 86.8 Å². The number of ether oxygens (including phenoxy) is 4. The van der Waals surface area contributed by atoms with Crippen molar-refractivity contribution in [3.05, 3.63) is 115 Å². The van der Waals surface area contributed by atoms with Gasteiger partial charge in [0.2, 0.25) is 0 Å². The van der Waals surface area contributed by atoms with E-state index in [9.17, 15) is 0 Å². The summed E-state index contributed by atoms with van der Waals surface area (Å²) >= 11 is 0. The van der Waals surface area contributed by atoms with Crippen molar-refractivity contribution in [1.29, 1.82) is 0 Å². The molecule has 0 unspecified atom stereocenters. The highest BCUT2D eigenvalue weighted by Crippen LogP contribution is 2.58. The SMILES string of the molecule is c1ccc2c(c1)Oc1ccc3c4c1B2c1cc2c5c6c1N4c1c(cccc1B6c1cccc4c1N5c1c(ccc5c1B2c1ccccc1O5)O4)O3. The van der Waals surface area contributed by atoms with Crippen LogP contribution in [0.5, 0.6) is 46.0 Å². The maximum Gasteiger partial charge on any atom is 0.256 e. The van der Waals surface area contributed by atoms with E-state index in [2.05, 4.69) is 125 Å². The Bertz CT molecular complexity index is 2750. The number of rotatable bonds is 0. The molecule has 8 aliphatic rings. The third-order valence-electron chi connectivity index (χ3n) is 12.5. The fourth-order valence-corrected chi connectivity index (χ4v) is 10.8. The van der Waals surface area contributed by atoms with Crippen LogP contribution in [0.2, 0.25) is 0 Å². The molecule has 9 heteroatoms. The maximum atomic E-state index is 6.84. The van der Waals surface area contributed by atoms with E-state index >= 15 is 0 Å². The van der Waals surface area contributed by atoms with Gasteiger partial charge in [0.15, 0.2) is 23.0 Å². The molecule has 51 heavy (non-hydrogen) atoms. The Labute approximate surface area is 292 Å². The third kappa shape index (κ3) is 2.49. The lowest BCUT2D eigenvalue weighted by molar-refractivity contribution is 0.468. The molecule has 0 fully saturated rings. The average Bonchev–Trinajstić information content (AvgIpc) is 3.18. The molecule has 0 aromatic heterocycles. The minimum absolute atomic E-state index is 0.0268. The summed E-state index contributed by atoms with van der Waals surface area (Å²) in [6, 6.07) is 41.1. The summed E-state index contributed by atoms with van der Waals surface area (Å²) in [7, 11) is 0. The second-order valence-electron chi connectivity index (χ2n) is 14.7. The molecule has 0 atom stereocenters. The minimum Gasteiger partial charge on any atom is -0.458 e. The molecule has 15 rings (SSSR count). The number of hydrogen-bond donors (Lipinski definition) is 0. The van der Waals surface area contributed by atoms with Gasteiger partial charge in [-0.25, -0.2) is 0 Å². The molecular weight excluding hydrogens is 629 g/mol. The lowest BCUT2D eigenvalue weighted by Crippen LogP contribution is -2.72. The van der Waals surface area contributed by atoms with Gasteiger partial charge in [0, 0.05) is 22.3 Å². The Hall–Kier alpha value is -6.47. The van der Waals surface area contributed by atoms with E-state index in [-0.39, 0.29) is 20.1 Å². The van der Waals surface area contributed by atoms with Gasteiger partial charge in [0.1, 0.15) is 23.0 Å². The smallest absolute Gasteiger partial charge is 0.256 e. The van der Waals surface area contributed by atoms with Crippen LogP contribution >= 0.6 is 0 Å². The lowest BCUT2D eigenvalue weighted by Gasteiger charge is -2.53. The summed E-state index contributed by atoms with van der Waals surface area (Å²) < 4.78 is 27.1. The first-order valence-electron chi connectivity index (χ1n) is 17.6. The highest BCUT2D eigenvalue weighted by molar-refractivity contribution is 7.07. The fourth-order valence-electron chi connectivity index (χ4n) is 10.8. The summed E-state index contributed by atoms with van der Waals surface area (Å²) in [5.41, 5.74) is 18.1. The lowest BCUT2D eigenvalue weighted by atomic mass is 9.26. The van der Waals surface area contributed by atoms with Crippen LogP contribution in [-0.2, 0) is 0 Å². The van der Waals surface area contributed by atoms with Crippen molar-refractivity contribution < 1.29 is 18.9 Å².